The maximum atomic E-state index is 12.6. The summed E-state index contributed by atoms with van der Waals surface area (Å²) in [6.45, 7) is 3.46. The summed E-state index contributed by atoms with van der Waals surface area (Å²) in [6, 6.07) is 15.7. The fraction of sp³-hybridized carbons (Fsp3) is 0.263. The predicted octanol–water partition coefficient (Wildman–Crippen LogP) is 3.04. The Morgan fingerprint density at radius 1 is 1.00 bits per heavy atom. The van der Waals surface area contributed by atoms with Crippen molar-refractivity contribution in [1.29, 1.82) is 0 Å². The summed E-state index contributed by atoms with van der Waals surface area (Å²) in [6.07, 6.45) is 1.74. The van der Waals surface area contributed by atoms with Crippen LogP contribution >= 0.6 is 11.6 Å². The van der Waals surface area contributed by atoms with Crippen molar-refractivity contribution in [3.8, 4) is 0 Å². The van der Waals surface area contributed by atoms with Crippen molar-refractivity contribution in [1.82, 2.24) is 14.5 Å². The number of benzene rings is 2. The van der Waals surface area contributed by atoms with E-state index in [-0.39, 0.29) is 5.91 Å². The Bertz CT molecular complexity index is 882. The molecule has 0 spiro atoms. The monoisotopic (exact) mass is 354 g/mol. The van der Waals surface area contributed by atoms with Gasteiger partial charge in [0, 0.05) is 36.9 Å². The van der Waals surface area contributed by atoms with Crippen LogP contribution in [-0.2, 0) is 11.3 Å². The molecule has 1 aliphatic heterocycles. The number of carbonyl (C=O) groups is 1. The van der Waals surface area contributed by atoms with Gasteiger partial charge >= 0.3 is 0 Å². The van der Waals surface area contributed by atoms with Crippen molar-refractivity contribution in [2.24, 2.45) is 0 Å². The van der Waals surface area contributed by atoms with Crippen LogP contribution in [0.15, 0.2) is 54.9 Å². The molecular formula is C19H19ClN4O. The first-order valence-electron chi connectivity index (χ1n) is 8.39. The Labute approximate surface area is 151 Å². The van der Waals surface area contributed by atoms with Gasteiger partial charge in [-0.1, -0.05) is 23.7 Å². The first kappa shape index (κ1) is 16.0. The van der Waals surface area contributed by atoms with Crippen LogP contribution in [0.25, 0.3) is 11.0 Å². The highest BCUT2D eigenvalue weighted by atomic mass is 35.5. The lowest BCUT2D eigenvalue weighted by Crippen LogP contribution is -2.49. The van der Waals surface area contributed by atoms with E-state index in [1.165, 1.54) is 0 Å². The summed E-state index contributed by atoms with van der Waals surface area (Å²) in [5, 5.41) is 0.741. The fourth-order valence-electron chi connectivity index (χ4n) is 3.25. The molecule has 6 heteroatoms. The standard InChI is InChI=1S/C19H19ClN4O/c20-15-5-7-16(8-6-15)22-9-11-23(12-10-22)19(25)13-24-14-21-17-3-1-2-4-18(17)24/h1-8,14H,9-13H2. The number of hydrogen-bond acceptors (Lipinski definition) is 3. The highest BCUT2D eigenvalue weighted by molar-refractivity contribution is 6.30. The minimum absolute atomic E-state index is 0.138. The molecule has 0 radical (unpaired) electrons. The van der Waals surface area contributed by atoms with E-state index in [2.05, 4.69) is 9.88 Å². The predicted molar refractivity (Wildman–Crippen MR) is 100.0 cm³/mol. The highest BCUT2D eigenvalue weighted by Gasteiger charge is 2.21. The van der Waals surface area contributed by atoms with Crippen molar-refractivity contribution in [2.45, 2.75) is 6.54 Å². The van der Waals surface area contributed by atoms with E-state index >= 15 is 0 Å². The normalized spacial score (nSPS) is 14.9. The van der Waals surface area contributed by atoms with Gasteiger partial charge in [-0.15, -0.1) is 0 Å². The number of para-hydroxylation sites is 2. The van der Waals surface area contributed by atoms with Gasteiger partial charge in [-0.05, 0) is 36.4 Å². The third-order valence-electron chi connectivity index (χ3n) is 4.66. The van der Waals surface area contributed by atoms with E-state index in [1.807, 2.05) is 58.0 Å². The van der Waals surface area contributed by atoms with Crippen LogP contribution in [0.1, 0.15) is 0 Å². The molecule has 0 saturated carbocycles. The van der Waals surface area contributed by atoms with Crippen LogP contribution in [0.5, 0.6) is 0 Å². The highest BCUT2D eigenvalue weighted by Crippen LogP contribution is 2.20. The van der Waals surface area contributed by atoms with E-state index < -0.39 is 0 Å². The second-order valence-electron chi connectivity index (χ2n) is 6.21. The lowest BCUT2D eigenvalue weighted by atomic mass is 10.2. The number of halogens is 1. The van der Waals surface area contributed by atoms with Crippen LogP contribution in [-0.4, -0.2) is 46.5 Å². The number of fused-ring (bicyclic) bond motifs is 1. The van der Waals surface area contributed by atoms with Crippen LogP contribution < -0.4 is 4.90 Å². The molecule has 3 aromatic rings. The number of amides is 1. The molecule has 0 bridgehead atoms. The fourth-order valence-corrected chi connectivity index (χ4v) is 3.37. The van der Waals surface area contributed by atoms with Crippen molar-refractivity contribution in [3.63, 3.8) is 0 Å². The second-order valence-corrected chi connectivity index (χ2v) is 6.64. The van der Waals surface area contributed by atoms with E-state index in [9.17, 15) is 4.79 Å². The van der Waals surface area contributed by atoms with Gasteiger partial charge in [0.1, 0.15) is 6.54 Å². The number of aromatic nitrogens is 2. The van der Waals surface area contributed by atoms with E-state index in [0.717, 1.165) is 47.9 Å². The van der Waals surface area contributed by atoms with Gasteiger partial charge in [0.2, 0.25) is 5.91 Å². The average molecular weight is 355 g/mol. The van der Waals surface area contributed by atoms with Gasteiger partial charge < -0.3 is 14.4 Å². The Morgan fingerprint density at radius 3 is 2.48 bits per heavy atom. The van der Waals surface area contributed by atoms with Gasteiger partial charge in [-0.25, -0.2) is 4.98 Å². The zero-order valence-corrected chi connectivity index (χ0v) is 14.6. The Kier molecular flexibility index (Phi) is 4.32. The van der Waals surface area contributed by atoms with E-state index in [1.54, 1.807) is 6.33 Å². The number of hydrogen-bond donors (Lipinski definition) is 0. The summed E-state index contributed by atoms with van der Waals surface area (Å²) >= 11 is 5.95. The third-order valence-corrected chi connectivity index (χ3v) is 4.91. The van der Waals surface area contributed by atoms with Crippen molar-refractivity contribution >= 4 is 34.2 Å². The maximum absolute atomic E-state index is 12.6. The molecular weight excluding hydrogens is 336 g/mol. The minimum atomic E-state index is 0.138. The molecule has 128 valence electrons. The molecule has 1 fully saturated rings. The molecule has 2 heterocycles. The van der Waals surface area contributed by atoms with Gasteiger partial charge in [0.15, 0.2) is 0 Å². The number of carbonyl (C=O) groups excluding carboxylic acids is 1. The Balaban J connectivity index is 1.39. The van der Waals surface area contributed by atoms with E-state index in [4.69, 9.17) is 11.6 Å². The Morgan fingerprint density at radius 2 is 1.72 bits per heavy atom. The number of rotatable bonds is 3. The second kappa shape index (κ2) is 6.76. The first-order valence-corrected chi connectivity index (χ1v) is 8.77. The lowest BCUT2D eigenvalue weighted by Gasteiger charge is -2.36. The molecule has 2 aromatic carbocycles. The van der Waals surface area contributed by atoms with Crippen LogP contribution in [0, 0.1) is 0 Å². The average Bonchev–Trinajstić information content (AvgIpc) is 3.06. The molecule has 25 heavy (non-hydrogen) atoms. The van der Waals surface area contributed by atoms with Crippen molar-refractivity contribution < 1.29 is 4.79 Å². The molecule has 1 aromatic heterocycles. The summed E-state index contributed by atoms with van der Waals surface area (Å²) in [5.41, 5.74) is 3.07. The SMILES string of the molecule is O=C(Cn1cnc2ccccc21)N1CCN(c2ccc(Cl)cc2)CC1. The number of anilines is 1. The van der Waals surface area contributed by atoms with Crippen molar-refractivity contribution in [3.05, 3.63) is 59.9 Å². The quantitative estimate of drug-likeness (QED) is 0.726. The molecule has 4 rings (SSSR count). The Hall–Kier alpha value is -2.53. The summed E-state index contributed by atoms with van der Waals surface area (Å²) in [4.78, 5) is 21.2. The maximum Gasteiger partial charge on any atom is 0.242 e. The molecule has 0 N–H and O–H groups in total. The molecule has 0 aliphatic carbocycles. The molecule has 1 aliphatic rings. The topological polar surface area (TPSA) is 41.4 Å². The number of piperazine rings is 1. The van der Waals surface area contributed by atoms with Crippen molar-refractivity contribution in [2.75, 3.05) is 31.1 Å². The molecule has 1 amide bonds. The third kappa shape index (κ3) is 3.33. The lowest BCUT2D eigenvalue weighted by molar-refractivity contribution is -0.132. The molecule has 1 saturated heterocycles. The number of imidazole rings is 1. The minimum Gasteiger partial charge on any atom is -0.368 e. The van der Waals surface area contributed by atoms with Gasteiger partial charge in [-0.2, -0.15) is 0 Å². The summed E-state index contributed by atoms with van der Waals surface area (Å²) in [5.74, 6) is 0.138. The summed E-state index contributed by atoms with van der Waals surface area (Å²) in [7, 11) is 0. The van der Waals surface area contributed by atoms with Crippen LogP contribution in [0.3, 0.4) is 0 Å². The smallest absolute Gasteiger partial charge is 0.242 e. The molecule has 0 atom stereocenters. The van der Waals surface area contributed by atoms with E-state index in [0.29, 0.717) is 6.54 Å². The molecule has 0 unspecified atom stereocenters. The summed E-state index contributed by atoms with van der Waals surface area (Å²) < 4.78 is 1.92. The molecule has 5 nitrogen and oxygen atoms in total. The van der Waals surface area contributed by atoms with Gasteiger partial charge in [-0.3, -0.25) is 4.79 Å². The number of nitrogens with zero attached hydrogens (tertiary/aromatic N) is 4. The largest absolute Gasteiger partial charge is 0.368 e. The first-order chi connectivity index (χ1) is 12.2. The van der Waals surface area contributed by atoms with Gasteiger partial charge in [0.25, 0.3) is 0 Å². The van der Waals surface area contributed by atoms with Crippen LogP contribution in [0.4, 0.5) is 5.69 Å². The zero-order valence-electron chi connectivity index (χ0n) is 13.8. The van der Waals surface area contributed by atoms with Crippen LogP contribution in [0.2, 0.25) is 5.02 Å². The zero-order chi connectivity index (χ0) is 17.2. The van der Waals surface area contributed by atoms with Gasteiger partial charge in [0.05, 0.1) is 17.4 Å².